The van der Waals surface area contributed by atoms with Crippen LogP contribution in [0.2, 0.25) is 0 Å². The molecule has 0 aromatic carbocycles. The van der Waals surface area contributed by atoms with E-state index in [4.69, 9.17) is 0 Å². The Morgan fingerprint density at radius 1 is 1.67 bits per heavy atom. The van der Waals surface area contributed by atoms with Crippen molar-refractivity contribution in [1.82, 2.24) is 9.88 Å². The van der Waals surface area contributed by atoms with E-state index in [1.165, 1.54) is 0 Å². The topological polar surface area (TPSA) is 54.3 Å². The summed E-state index contributed by atoms with van der Waals surface area (Å²) in [5.41, 5.74) is 0.724. The van der Waals surface area contributed by atoms with Crippen molar-refractivity contribution in [2.45, 2.75) is 37.1 Å². The molecule has 100 valence electrons. The van der Waals surface area contributed by atoms with E-state index in [1.807, 2.05) is 31.5 Å². The molecule has 1 aromatic rings. The maximum absolute atomic E-state index is 12.2. The molecule has 0 bridgehead atoms. The lowest BCUT2D eigenvalue weighted by Crippen LogP contribution is -2.41. The minimum atomic E-state index is -0.0492. The molecule has 2 N–H and O–H groups in total. The molecular weight excluding hydrogens is 248 g/mol. The largest absolute Gasteiger partial charge is 0.395 e. The molecule has 0 spiro atoms. The highest BCUT2D eigenvalue weighted by Gasteiger charge is 2.27. The number of carbonyl (C=O) groups excluding carboxylic acids is 1. The zero-order valence-corrected chi connectivity index (χ0v) is 11.6. The number of amides is 1. The average molecular weight is 268 g/mol. The molecule has 4 nitrogen and oxygen atoms in total. The maximum atomic E-state index is 12.2. The second-order valence-corrected chi connectivity index (χ2v) is 5.83. The lowest BCUT2D eigenvalue weighted by Gasteiger charge is -2.21. The normalized spacial score (nSPS) is 18.4. The van der Waals surface area contributed by atoms with Gasteiger partial charge in [-0.15, -0.1) is 0 Å². The van der Waals surface area contributed by atoms with E-state index in [2.05, 4.69) is 9.88 Å². The van der Waals surface area contributed by atoms with Crippen molar-refractivity contribution in [2.24, 2.45) is 0 Å². The third-order valence-electron chi connectivity index (χ3n) is 3.35. The van der Waals surface area contributed by atoms with Crippen LogP contribution in [0.5, 0.6) is 0 Å². The van der Waals surface area contributed by atoms with Gasteiger partial charge in [0.2, 0.25) is 0 Å². The summed E-state index contributed by atoms with van der Waals surface area (Å²) in [5, 5.41) is 12.2. The molecule has 2 rings (SSSR count). The number of nitrogens with one attached hydrogen (secondary N) is 1. The minimum absolute atomic E-state index is 0.0401. The molecule has 1 heterocycles. The van der Waals surface area contributed by atoms with E-state index in [-0.39, 0.29) is 23.8 Å². The van der Waals surface area contributed by atoms with Gasteiger partial charge in [-0.05, 0) is 38.2 Å². The van der Waals surface area contributed by atoms with Gasteiger partial charge in [0.1, 0.15) is 5.69 Å². The molecule has 1 saturated carbocycles. The van der Waals surface area contributed by atoms with Crippen LogP contribution in [0.1, 0.15) is 36.3 Å². The Morgan fingerprint density at radius 2 is 2.39 bits per heavy atom. The fourth-order valence-electron chi connectivity index (χ4n) is 2.07. The summed E-state index contributed by atoms with van der Waals surface area (Å²) >= 11 is 1.57. The predicted molar refractivity (Wildman–Crippen MR) is 74.0 cm³/mol. The van der Waals surface area contributed by atoms with E-state index in [0.29, 0.717) is 6.04 Å². The first-order valence-corrected chi connectivity index (χ1v) is 7.57. The van der Waals surface area contributed by atoms with E-state index in [1.54, 1.807) is 11.8 Å². The van der Waals surface area contributed by atoms with Crippen molar-refractivity contribution in [1.29, 1.82) is 0 Å². The number of carbonyl (C=O) groups is 1. The third-order valence-corrected chi connectivity index (χ3v) is 4.51. The highest BCUT2D eigenvalue weighted by Crippen LogP contribution is 2.36. The van der Waals surface area contributed by atoms with Gasteiger partial charge in [0.25, 0.3) is 5.91 Å². The lowest BCUT2D eigenvalue weighted by atomic mass is 10.2. The molecule has 0 saturated heterocycles. The Bertz CT molecular complexity index is 411. The van der Waals surface area contributed by atoms with Gasteiger partial charge in [-0.2, -0.15) is 11.8 Å². The van der Waals surface area contributed by atoms with E-state index >= 15 is 0 Å². The van der Waals surface area contributed by atoms with Crippen LogP contribution < -0.4 is 5.32 Å². The zero-order chi connectivity index (χ0) is 13.1. The molecular formula is C13H20N2O2S. The summed E-state index contributed by atoms with van der Waals surface area (Å²) in [4.78, 5) is 12.2. The van der Waals surface area contributed by atoms with Crippen molar-refractivity contribution >= 4 is 17.7 Å². The summed E-state index contributed by atoms with van der Waals surface area (Å²) in [7, 11) is 0. The second-order valence-electron chi connectivity index (χ2n) is 4.75. The Morgan fingerprint density at radius 3 is 2.94 bits per heavy atom. The smallest absolute Gasteiger partial charge is 0.268 e. The number of nitrogens with zero attached hydrogens (tertiary/aromatic N) is 1. The second kappa shape index (κ2) is 5.80. The molecule has 18 heavy (non-hydrogen) atoms. The third kappa shape index (κ3) is 2.90. The number of hydrogen-bond donors (Lipinski definition) is 2. The summed E-state index contributed by atoms with van der Waals surface area (Å²) < 4.78 is 2.05. The van der Waals surface area contributed by atoms with Crippen LogP contribution in [0.4, 0.5) is 0 Å². The lowest BCUT2D eigenvalue weighted by molar-refractivity contribution is 0.0926. The van der Waals surface area contributed by atoms with E-state index in [9.17, 15) is 9.90 Å². The molecule has 1 aromatic heterocycles. The molecule has 2 atom stereocenters. The van der Waals surface area contributed by atoms with Crippen LogP contribution in [0.25, 0.3) is 0 Å². The summed E-state index contributed by atoms with van der Waals surface area (Å²) in [6.45, 7) is 2.01. The molecule has 1 amide bonds. The van der Waals surface area contributed by atoms with Crippen LogP contribution in [-0.2, 0) is 0 Å². The van der Waals surface area contributed by atoms with Crippen molar-refractivity contribution < 1.29 is 9.90 Å². The van der Waals surface area contributed by atoms with Crippen molar-refractivity contribution in [3.05, 3.63) is 24.0 Å². The van der Waals surface area contributed by atoms with Crippen LogP contribution in [-0.4, -0.2) is 39.7 Å². The molecule has 0 radical (unpaired) electrons. The molecule has 5 heteroatoms. The highest BCUT2D eigenvalue weighted by molar-refractivity contribution is 7.99. The van der Waals surface area contributed by atoms with Gasteiger partial charge in [-0.25, -0.2) is 0 Å². The van der Waals surface area contributed by atoms with Gasteiger partial charge >= 0.3 is 0 Å². The molecule has 1 aliphatic rings. The van der Waals surface area contributed by atoms with Gasteiger partial charge < -0.3 is 15.0 Å². The molecule has 1 aliphatic carbocycles. The fraction of sp³-hybridized carbons (Fsp3) is 0.615. The van der Waals surface area contributed by atoms with Crippen molar-refractivity contribution in [3.63, 3.8) is 0 Å². The Kier molecular flexibility index (Phi) is 4.35. The van der Waals surface area contributed by atoms with Gasteiger partial charge in [-0.3, -0.25) is 4.79 Å². The predicted octanol–water partition coefficient (Wildman–Crippen LogP) is 1.67. The first-order chi connectivity index (χ1) is 8.67. The average Bonchev–Trinajstić information content (AvgIpc) is 3.08. The van der Waals surface area contributed by atoms with E-state index in [0.717, 1.165) is 18.5 Å². The number of thioether (sulfide) groups is 1. The zero-order valence-electron chi connectivity index (χ0n) is 10.8. The Labute approximate surface area is 112 Å². The first kappa shape index (κ1) is 13.5. The van der Waals surface area contributed by atoms with Crippen LogP contribution in [0, 0.1) is 0 Å². The highest BCUT2D eigenvalue weighted by atomic mass is 32.2. The Hall–Kier alpha value is -0.940. The fourth-order valence-corrected chi connectivity index (χ4v) is 2.69. The molecule has 0 aliphatic heterocycles. The standard InChI is InChI=1S/C13H20N2O2S/c1-9(12(8-16)18-2)14-13(17)11-4-3-7-15(11)10-5-6-10/h3-4,7,9-10,12,16H,5-6,8H2,1-2H3,(H,14,17). The van der Waals surface area contributed by atoms with Gasteiger partial charge in [0, 0.05) is 23.5 Å². The maximum Gasteiger partial charge on any atom is 0.268 e. The SMILES string of the molecule is CSC(CO)C(C)NC(=O)c1cccn1C1CC1. The molecule has 1 fully saturated rings. The van der Waals surface area contributed by atoms with Crippen LogP contribution in [0.15, 0.2) is 18.3 Å². The first-order valence-electron chi connectivity index (χ1n) is 6.28. The number of aliphatic hydroxyl groups is 1. The minimum Gasteiger partial charge on any atom is -0.395 e. The summed E-state index contributed by atoms with van der Waals surface area (Å²) in [6.07, 6.45) is 6.23. The summed E-state index contributed by atoms with van der Waals surface area (Å²) in [5.74, 6) is -0.0492. The van der Waals surface area contributed by atoms with Gasteiger partial charge in [-0.1, -0.05) is 0 Å². The van der Waals surface area contributed by atoms with Gasteiger partial charge in [0.05, 0.1) is 6.61 Å². The summed E-state index contributed by atoms with van der Waals surface area (Å²) in [6, 6.07) is 4.23. The number of rotatable bonds is 6. The molecule has 2 unspecified atom stereocenters. The van der Waals surface area contributed by atoms with Crippen LogP contribution >= 0.6 is 11.8 Å². The monoisotopic (exact) mass is 268 g/mol. The van der Waals surface area contributed by atoms with Crippen LogP contribution in [0.3, 0.4) is 0 Å². The van der Waals surface area contributed by atoms with Crippen molar-refractivity contribution in [3.8, 4) is 0 Å². The number of hydrogen-bond acceptors (Lipinski definition) is 3. The number of aromatic nitrogens is 1. The van der Waals surface area contributed by atoms with E-state index < -0.39 is 0 Å². The van der Waals surface area contributed by atoms with Crippen molar-refractivity contribution in [2.75, 3.05) is 12.9 Å². The van der Waals surface area contributed by atoms with Gasteiger partial charge in [0.15, 0.2) is 0 Å². The quantitative estimate of drug-likeness (QED) is 0.825. The number of aliphatic hydroxyl groups excluding tert-OH is 1. The Balaban J connectivity index is 2.00.